The van der Waals surface area contributed by atoms with Crippen LogP contribution in [0.15, 0.2) is 48.5 Å². The molecule has 1 fully saturated rings. The van der Waals surface area contributed by atoms with Gasteiger partial charge in [-0.05, 0) is 67.0 Å². The first-order valence-electron chi connectivity index (χ1n) is 11.2. The Balaban J connectivity index is 1.89. The van der Waals surface area contributed by atoms with Gasteiger partial charge in [0.25, 0.3) is 5.91 Å². The van der Waals surface area contributed by atoms with Crippen LogP contribution in [0, 0.1) is 0 Å². The monoisotopic (exact) mass is 422 g/mol. The van der Waals surface area contributed by atoms with Crippen LogP contribution in [-0.2, 0) is 16.8 Å². The Hall–Kier alpha value is -2.82. The molecule has 166 valence electrons. The Kier molecular flexibility index (Phi) is 7.37. The van der Waals surface area contributed by atoms with Gasteiger partial charge >= 0.3 is 0 Å². The summed E-state index contributed by atoms with van der Waals surface area (Å²) in [5.74, 6) is 0.619. The molecule has 0 saturated carbocycles. The molecule has 31 heavy (non-hydrogen) atoms. The summed E-state index contributed by atoms with van der Waals surface area (Å²) in [7, 11) is 0. The number of benzene rings is 2. The minimum atomic E-state index is -0.469. The fourth-order valence-electron chi connectivity index (χ4n) is 3.88. The van der Waals surface area contributed by atoms with Crippen molar-refractivity contribution in [3.63, 3.8) is 0 Å². The number of rotatable bonds is 6. The summed E-state index contributed by atoms with van der Waals surface area (Å²) in [5, 5.41) is 2.97. The smallest absolute Gasteiger partial charge is 0.254 e. The molecular formula is C26H34N2O3. The quantitative estimate of drug-likeness (QED) is 0.734. The van der Waals surface area contributed by atoms with E-state index in [1.54, 1.807) is 4.90 Å². The Morgan fingerprint density at radius 3 is 2.35 bits per heavy atom. The fraction of sp³-hybridized carbons (Fsp3) is 0.462. The van der Waals surface area contributed by atoms with E-state index in [1.165, 1.54) is 5.56 Å². The zero-order chi connectivity index (χ0) is 22.4. The molecule has 1 N–H and O–H groups in total. The number of amides is 2. The molecule has 5 nitrogen and oxygen atoms in total. The van der Waals surface area contributed by atoms with Crippen molar-refractivity contribution in [1.82, 2.24) is 10.2 Å². The molecule has 0 aromatic heterocycles. The standard InChI is InChI=1S/C26H34N2O3/c1-5-31-22-15-9-19(10-16-22)18-28(23-8-6-7-17-27-24(23)29)25(30)20-11-13-21(14-12-20)26(2,3)4/h9-16,23H,5-8,17-18H2,1-4H3,(H,27,29). The summed E-state index contributed by atoms with van der Waals surface area (Å²) in [6.07, 6.45) is 2.53. The van der Waals surface area contributed by atoms with Crippen LogP contribution >= 0.6 is 0 Å². The van der Waals surface area contributed by atoms with Gasteiger partial charge in [0.15, 0.2) is 0 Å². The topological polar surface area (TPSA) is 58.6 Å². The van der Waals surface area contributed by atoms with Crippen LogP contribution in [0.4, 0.5) is 0 Å². The van der Waals surface area contributed by atoms with E-state index in [9.17, 15) is 9.59 Å². The van der Waals surface area contributed by atoms with Crippen molar-refractivity contribution in [2.75, 3.05) is 13.2 Å². The van der Waals surface area contributed by atoms with Gasteiger partial charge in [0.1, 0.15) is 11.8 Å². The highest BCUT2D eigenvalue weighted by Gasteiger charge is 2.31. The molecule has 5 heteroatoms. The van der Waals surface area contributed by atoms with Crippen LogP contribution in [-0.4, -0.2) is 35.9 Å². The van der Waals surface area contributed by atoms with E-state index in [2.05, 4.69) is 26.1 Å². The highest BCUT2D eigenvalue weighted by molar-refractivity contribution is 5.97. The van der Waals surface area contributed by atoms with Gasteiger partial charge in [-0.3, -0.25) is 9.59 Å². The summed E-state index contributed by atoms with van der Waals surface area (Å²) in [6.45, 7) is 10.1. The lowest BCUT2D eigenvalue weighted by atomic mass is 9.86. The molecule has 0 aliphatic carbocycles. The first-order chi connectivity index (χ1) is 14.8. The number of nitrogens with zero attached hydrogens (tertiary/aromatic N) is 1. The molecule has 1 saturated heterocycles. The van der Waals surface area contributed by atoms with Gasteiger partial charge in [-0.2, -0.15) is 0 Å². The SMILES string of the molecule is CCOc1ccc(CN(C(=O)c2ccc(C(C)(C)C)cc2)C2CCCCNC2=O)cc1. The van der Waals surface area contributed by atoms with E-state index in [1.807, 2.05) is 55.5 Å². The normalized spacial score (nSPS) is 16.9. The summed E-state index contributed by atoms with van der Waals surface area (Å²) in [4.78, 5) is 28.1. The summed E-state index contributed by atoms with van der Waals surface area (Å²) in [6, 6.07) is 15.0. The second-order valence-electron chi connectivity index (χ2n) is 9.14. The van der Waals surface area contributed by atoms with Crippen molar-refractivity contribution in [3.05, 3.63) is 65.2 Å². The molecule has 2 aromatic carbocycles. The minimum absolute atomic E-state index is 0.0186. The van der Waals surface area contributed by atoms with Crippen molar-refractivity contribution >= 4 is 11.8 Å². The molecule has 3 rings (SSSR count). The molecule has 1 unspecified atom stereocenters. The molecule has 1 aliphatic heterocycles. The second kappa shape index (κ2) is 9.99. The van der Waals surface area contributed by atoms with Crippen LogP contribution in [0.2, 0.25) is 0 Å². The molecule has 0 bridgehead atoms. The fourth-order valence-corrected chi connectivity index (χ4v) is 3.88. The minimum Gasteiger partial charge on any atom is -0.494 e. The second-order valence-corrected chi connectivity index (χ2v) is 9.14. The summed E-state index contributed by atoms with van der Waals surface area (Å²) < 4.78 is 5.53. The lowest BCUT2D eigenvalue weighted by molar-refractivity contribution is -0.125. The van der Waals surface area contributed by atoms with Gasteiger partial charge in [0.2, 0.25) is 5.91 Å². The highest BCUT2D eigenvalue weighted by atomic mass is 16.5. The first-order valence-corrected chi connectivity index (χ1v) is 11.2. The van der Waals surface area contributed by atoms with Gasteiger partial charge in [-0.1, -0.05) is 45.0 Å². The van der Waals surface area contributed by atoms with E-state index in [-0.39, 0.29) is 17.2 Å². The number of ether oxygens (including phenoxy) is 1. The zero-order valence-electron chi connectivity index (χ0n) is 19.1. The van der Waals surface area contributed by atoms with E-state index < -0.39 is 6.04 Å². The predicted octanol–water partition coefficient (Wildman–Crippen LogP) is 4.69. The molecule has 1 aliphatic rings. The third kappa shape index (κ3) is 5.87. The van der Waals surface area contributed by atoms with Crippen LogP contribution in [0.3, 0.4) is 0 Å². The van der Waals surface area contributed by atoms with Crippen molar-refractivity contribution in [2.45, 2.75) is 65.0 Å². The van der Waals surface area contributed by atoms with Crippen molar-refractivity contribution in [1.29, 1.82) is 0 Å². The van der Waals surface area contributed by atoms with Crippen LogP contribution in [0.5, 0.6) is 5.75 Å². The first kappa shape index (κ1) is 22.9. The maximum atomic E-state index is 13.6. The van der Waals surface area contributed by atoms with Crippen molar-refractivity contribution in [2.24, 2.45) is 0 Å². The van der Waals surface area contributed by atoms with Crippen molar-refractivity contribution < 1.29 is 14.3 Å². The van der Waals surface area contributed by atoms with Gasteiger partial charge in [0, 0.05) is 18.7 Å². The lowest BCUT2D eigenvalue weighted by Crippen LogP contribution is -2.48. The molecule has 0 radical (unpaired) electrons. The number of carbonyl (C=O) groups excluding carboxylic acids is 2. The molecule has 0 spiro atoms. The third-order valence-electron chi connectivity index (χ3n) is 5.73. The molecule has 1 heterocycles. The van der Waals surface area contributed by atoms with Crippen LogP contribution in [0.25, 0.3) is 0 Å². The zero-order valence-corrected chi connectivity index (χ0v) is 19.1. The Labute approximate surface area is 185 Å². The Morgan fingerprint density at radius 2 is 1.74 bits per heavy atom. The van der Waals surface area contributed by atoms with Crippen molar-refractivity contribution in [3.8, 4) is 5.75 Å². The van der Waals surface area contributed by atoms with Crippen LogP contribution in [0.1, 0.15) is 68.4 Å². The average Bonchev–Trinajstić information content (AvgIpc) is 2.97. The van der Waals surface area contributed by atoms with E-state index in [0.717, 1.165) is 24.2 Å². The summed E-state index contributed by atoms with van der Waals surface area (Å²) in [5.41, 5.74) is 2.77. The lowest BCUT2D eigenvalue weighted by Gasteiger charge is -2.30. The predicted molar refractivity (Wildman–Crippen MR) is 123 cm³/mol. The highest BCUT2D eigenvalue weighted by Crippen LogP contribution is 2.24. The van der Waals surface area contributed by atoms with E-state index in [0.29, 0.717) is 31.7 Å². The molecular weight excluding hydrogens is 388 g/mol. The number of hydrogen-bond donors (Lipinski definition) is 1. The summed E-state index contributed by atoms with van der Waals surface area (Å²) >= 11 is 0. The number of hydrogen-bond acceptors (Lipinski definition) is 3. The molecule has 1 atom stereocenters. The van der Waals surface area contributed by atoms with Crippen LogP contribution < -0.4 is 10.1 Å². The number of nitrogens with one attached hydrogen (secondary N) is 1. The van der Waals surface area contributed by atoms with Gasteiger partial charge in [0.05, 0.1) is 6.61 Å². The van der Waals surface area contributed by atoms with Gasteiger partial charge in [-0.15, -0.1) is 0 Å². The average molecular weight is 423 g/mol. The Bertz CT molecular complexity index is 882. The van der Waals surface area contributed by atoms with Gasteiger partial charge < -0.3 is 15.0 Å². The Morgan fingerprint density at radius 1 is 1.06 bits per heavy atom. The maximum absolute atomic E-state index is 13.6. The third-order valence-corrected chi connectivity index (χ3v) is 5.73. The largest absolute Gasteiger partial charge is 0.494 e. The van der Waals surface area contributed by atoms with E-state index in [4.69, 9.17) is 4.74 Å². The molecule has 2 amide bonds. The molecule has 2 aromatic rings. The van der Waals surface area contributed by atoms with Gasteiger partial charge in [-0.25, -0.2) is 0 Å². The maximum Gasteiger partial charge on any atom is 0.254 e. The van der Waals surface area contributed by atoms with E-state index >= 15 is 0 Å². The number of carbonyl (C=O) groups is 2.